The molecule has 3 aromatic carbocycles. The van der Waals surface area contributed by atoms with Gasteiger partial charge in [-0.1, -0.05) is 12.1 Å². The van der Waals surface area contributed by atoms with E-state index in [9.17, 15) is 39.3 Å². The van der Waals surface area contributed by atoms with Crippen LogP contribution in [0.4, 0.5) is 35.1 Å². The van der Waals surface area contributed by atoms with Crippen LogP contribution in [0, 0.1) is 29.1 Å². The summed E-state index contributed by atoms with van der Waals surface area (Å²) in [5.74, 6) is -13.5. The minimum atomic E-state index is -4.53. The van der Waals surface area contributed by atoms with Gasteiger partial charge in [0.2, 0.25) is 45.9 Å². The molecule has 0 N–H and O–H groups in total. The lowest BCUT2D eigenvalue weighted by molar-refractivity contribution is -0.137. The molecule has 0 amide bonds. The van der Waals surface area contributed by atoms with E-state index in [4.69, 9.17) is 9.47 Å². The molecule has 2 aliphatic rings. The second kappa shape index (κ2) is 11.0. The lowest BCUT2D eigenvalue weighted by atomic mass is 9.78. The summed E-state index contributed by atoms with van der Waals surface area (Å²) in [5, 5.41) is 0. The average molecular weight is 593 g/mol. The average Bonchev–Trinajstić information content (AvgIpc) is 2.96. The van der Waals surface area contributed by atoms with Crippen LogP contribution < -0.4 is 8.92 Å². The first kappa shape index (κ1) is 28.3. The van der Waals surface area contributed by atoms with Crippen LogP contribution in [0.3, 0.4) is 0 Å². The lowest BCUT2D eigenvalue weighted by Crippen LogP contribution is -2.21. The zero-order chi connectivity index (χ0) is 28.8. The molecule has 2 atom stereocenters. The molecule has 5 rings (SSSR count). The summed E-state index contributed by atoms with van der Waals surface area (Å²) < 4.78 is 137. The Hall–Kier alpha value is -3.19. The summed E-state index contributed by atoms with van der Waals surface area (Å²) in [4.78, 5) is -0.194. The second-order valence-electron chi connectivity index (χ2n) is 9.33. The molecule has 214 valence electrons. The first-order valence-corrected chi connectivity index (χ1v) is 13.2. The van der Waals surface area contributed by atoms with Gasteiger partial charge in [-0.15, -0.1) is 0 Å². The van der Waals surface area contributed by atoms with E-state index in [1.165, 1.54) is 30.3 Å². The smallest absolute Gasteiger partial charge is 0.416 e. The topological polar surface area (TPSA) is 44.8 Å². The summed E-state index contributed by atoms with van der Waals surface area (Å²) in [5.41, 5.74) is 1.03. The van der Waals surface area contributed by atoms with Crippen LogP contribution in [0.15, 0.2) is 41.3 Å². The molecule has 0 radical (unpaired) electrons. The Kier molecular flexibility index (Phi) is 7.79. The molecule has 3 aromatic rings. The highest BCUT2D eigenvalue weighted by atomic mass is 32.2. The van der Waals surface area contributed by atoms with Gasteiger partial charge in [-0.2, -0.15) is 22.0 Å². The minimum absolute atomic E-state index is 0.153. The van der Waals surface area contributed by atoms with Crippen molar-refractivity contribution in [1.82, 2.24) is 0 Å². The molecule has 2 heterocycles. The van der Waals surface area contributed by atoms with Crippen molar-refractivity contribution < 1.29 is 53.0 Å². The molecule has 0 aliphatic carbocycles. The Morgan fingerprint density at radius 1 is 0.750 bits per heavy atom. The fraction of sp³-hybridized carbons (Fsp3) is 0.333. The van der Waals surface area contributed by atoms with Gasteiger partial charge in [0, 0.05) is 30.8 Å². The Labute approximate surface area is 225 Å². The maximum Gasteiger partial charge on any atom is 0.416 e. The van der Waals surface area contributed by atoms with Gasteiger partial charge in [-0.3, -0.25) is 0 Å². The third-order valence-electron chi connectivity index (χ3n) is 7.00. The zero-order valence-electron chi connectivity index (χ0n) is 20.4. The van der Waals surface area contributed by atoms with Crippen molar-refractivity contribution >= 4 is 11.1 Å². The van der Waals surface area contributed by atoms with Gasteiger partial charge in [0.05, 0.1) is 17.1 Å². The number of benzene rings is 3. The van der Waals surface area contributed by atoms with Gasteiger partial charge < -0.3 is 13.7 Å². The molecule has 0 aromatic heterocycles. The summed E-state index contributed by atoms with van der Waals surface area (Å²) in [6.45, 7) is 0.992. The molecule has 2 aliphatic heterocycles. The van der Waals surface area contributed by atoms with Crippen molar-refractivity contribution in [3.63, 3.8) is 0 Å². The summed E-state index contributed by atoms with van der Waals surface area (Å²) in [6, 6.07) is 7.63. The SMILES string of the molecule is O=S(Oc1c(F)c(F)c(F)c(F)c1F)c1ccc2c(c1)OCCC2c1ccc(C(F)(F)F)cc1C1CCOCC1. The molecule has 40 heavy (non-hydrogen) atoms. The highest BCUT2D eigenvalue weighted by Crippen LogP contribution is 2.45. The number of halogens is 8. The van der Waals surface area contributed by atoms with Crippen LogP contribution >= 0.6 is 0 Å². The van der Waals surface area contributed by atoms with Crippen LogP contribution in [0.2, 0.25) is 0 Å². The molecule has 13 heteroatoms. The Morgan fingerprint density at radius 2 is 1.38 bits per heavy atom. The Morgan fingerprint density at radius 3 is 2.02 bits per heavy atom. The van der Waals surface area contributed by atoms with Gasteiger partial charge >= 0.3 is 6.18 Å². The summed E-state index contributed by atoms with van der Waals surface area (Å²) in [7, 11) is 0. The number of hydrogen-bond acceptors (Lipinski definition) is 4. The monoisotopic (exact) mass is 592 g/mol. The molecule has 1 saturated heterocycles. The van der Waals surface area contributed by atoms with E-state index in [2.05, 4.69) is 4.18 Å². The fourth-order valence-electron chi connectivity index (χ4n) is 5.01. The first-order valence-electron chi connectivity index (χ1n) is 12.1. The fourth-order valence-corrected chi connectivity index (χ4v) is 5.79. The molecular formula is C27H20F8O4S. The van der Waals surface area contributed by atoms with Crippen LogP contribution in [-0.4, -0.2) is 24.0 Å². The van der Waals surface area contributed by atoms with E-state index >= 15 is 0 Å². The first-order chi connectivity index (χ1) is 19.0. The van der Waals surface area contributed by atoms with Crippen molar-refractivity contribution in [3.05, 3.63) is 87.7 Å². The molecule has 4 nitrogen and oxygen atoms in total. The number of hydrogen-bond donors (Lipinski definition) is 0. The zero-order valence-corrected chi connectivity index (χ0v) is 21.2. The van der Waals surface area contributed by atoms with Gasteiger partial charge in [0.25, 0.3) is 0 Å². The molecule has 0 saturated carbocycles. The highest BCUT2D eigenvalue weighted by Gasteiger charge is 2.35. The Balaban J connectivity index is 1.48. The predicted molar refractivity (Wildman–Crippen MR) is 126 cm³/mol. The third kappa shape index (κ3) is 5.28. The summed E-state index contributed by atoms with van der Waals surface area (Å²) in [6.07, 6.45) is -2.99. The number of ether oxygens (including phenoxy) is 2. The number of rotatable bonds is 5. The van der Waals surface area contributed by atoms with E-state index in [-0.39, 0.29) is 29.1 Å². The van der Waals surface area contributed by atoms with Gasteiger partial charge in [0.1, 0.15) is 5.75 Å². The third-order valence-corrected chi connectivity index (χ3v) is 7.95. The molecule has 0 bridgehead atoms. The van der Waals surface area contributed by atoms with Crippen molar-refractivity contribution in [1.29, 1.82) is 0 Å². The predicted octanol–water partition coefficient (Wildman–Crippen LogP) is 7.31. The van der Waals surface area contributed by atoms with E-state index in [1.807, 2.05) is 0 Å². The number of alkyl halides is 3. The normalized spacial score (nSPS) is 18.6. The lowest BCUT2D eigenvalue weighted by Gasteiger charge is -2.32. The molecule has 1 fully saturated rings. The quantitative estimate of drug-likeness (QED) is 0.177. The largest absolute Gasteiger partial charge is 0.493 e. The van der Waals surface area contributed by atoms with Crippen LogP contribution in [0.1, 0.15) is 53.4 Å². The minimum Gasteiger partial charge on any atom is -0.493 e. The van der Waals surface area contributed by atoms with E-state index < -0.39 is 57.7 Å². The highest BCUT2D eigenvalue weighted by molar-refractivity contribution is 7.80. The van der Waals surface area contributed by atoms with Gasteiger partial charge in [0.15, 0.2) is 0 Å². The van der Waals surface area contributed by atoms with Crippen molar-refractivity contribution in [2.75, 3.05) is 19.8 Å². The standard InChI is InChI=1S/C27H20F8O4S/c28-21-22(29)24(31)26(25(32)23(21)30)39-40(36)15-2-4-18-17(7-10-38-20(18)12-15)16-3-1-14(27(33,34)35)11-19(16)13-5-8-37-9-6-13/h1-4,11-13,17H,5-10H2. The van der Waals surface area contributed by atoms with Crippen LogP contribution in [-0.2, 0) is 22.0 Å². The van der Waals surface area contributed by atoms with Crippen LogP contribution in [0.25, 0.3) is 0 Å². The van der Waals surface area contributed by atoms with Crippen molar-refractivity contribution in [3.8, 4) is 11.5 Å². The van der Waals surface area contributed by atoms with Gasteiger partial charge in [-0.05, 0) is 54.5 Å². The van der Waals surface area contributed by atoms with Crippen LogP contribution in [0.5, 0.6) is 11.5 Å². The van der Waals surface area contributed by atoms with Crippen molar-refractivity contribution in [2.45, 2.75) is 42.2 Å². The molecule has 2 unspecified atom stereocenters. The van der Waals surface area contributed by atoms with E-state index in [0.29, 0.717) is 49.2 Å². The molecule has 0 spiro atoms. The maximum atomic E-state index is 14.0. The summed E-state index contributed by atoms with van der Waals surface area (Å²) >= 11 is -2.71. The van der Waals surface area contributed by atoms with Crippen molar-refractivity contribution in [2.24, 2.45) is 0 Å². The Bertz CT molecular complexity index is 1440. The maximum absolute atomic E-state index is 14.0. The second-order valence-corrected chi connectivity index (χ2v) is 10.4. The van der Waals surface area contributed by atoms with Gasteiger partial charge in [-0.25, -0.2) is 17.4 Å². The van der Waals surface area contributed by atoms with E-state index in [0.717, 1.165) is 6.07 Å². The van der Waals surface area contributed by atoms with E-state index in [1.54, 1.807) is 0 Å². The number of fused-ring (bicyclic) bond motifs is 1. The molecular weight excluding hydrogens is 572 g/mol.